The summed E-state index contributed by atoms with van der Waals surface area (Å²) in [4.78, 5) is 14.1. The Bertz CT molecular complexity index is 345. The number of carbonyl (C=O) groups is 1. The van der Waals surface area contributed by atoms with E-state index < -0.39 is 0 Å². The molecule has 0 spiro atoms. The lowest BCUT2D eigenvalue weighted by atomic mass is 9.49. The Hall–Kier alpha value is -0.770. The van der Waals surface area contributed by atoms with Crippen LogP contribution in [0.3, 0.4) is 0 Å². The van der Waals surface area contributed by atoms with Gasteiger partial charge >= 0.3 is 6.03 Å². The summed E-state index contributed by atoms with van der Waals surface area (Å²) >= 11 is 0. The van der Waals surface area contributed by atoms with Crippen LogP contribution in [0.25, 0.3) is 0 Å². The van der Waals surface area contributed by atoms with Crippen LogP contribution in [0.4, 0.5) is 4.79 Å². The zero-order valence-electron chi connectivity index (χ0n) is 13.7. The number of nitrogens with one attached hydrogen (secondary N) is 2. The first kappa shape index (κ1) is 15.1. The lowest BCUT2D eigenvalue weighted by molar-refractivity contribution is -0.0498. The summed E-state index contributed by atoms with van der Waals surface area (Å²) in [7, 11) is 4.13. The number of hydrogen-bond donors (Lipinski definition) is 2. The Morgan fingerprint density at radius 1 is 1.05 bits per heavy atom. The summed E-state index contributed by atoms with van der Waals surface area (Å²) in [6, 6.07) is 0.0319. The molecule has 0 unspecified atom stereocenters. The monoisotopic (exact) mass is 293 g/mol. The van der Waals surface area contributed by atoms with Gasteiger partial charge in [-0.25, -0.2) is 4.79 Å². The Balaban J connectivity index is 1.40. The van der Waals surface area contributed by atoms with E-state index >= 15 is 0 Å². The number of urea groups is 1. The highest BCUT2D eigenvalue weighted by molar-refractivity contribution is 5.73. The van der Waals surface area contributed by atoms with Gasteiger partial charge in [-0.1, -0.05) is 0 Å². The minimum atomic E-state index is 0.0319. The predicted molar refractivity (Wildman–Crippen MR) is 85.2 cm³/mol. The molecule has 0 aromatic rings. The maximum atomic E-state index is 11.9. The SMILES string of the molecule is CN(C)CCCNC(=O)NCC12CC3CC(CC(C3)C1)C2. The van der Waals surface area contributed by atoms with E-state index in [9.17, 15) is 4.79 Å². The molecule has 2 N–H and O–H groups in total. The summed E-state index contributed by atoms with van der Waals surface area (Å²) in [6.45, 7) is 2.69. The summed E-state index contributed by atoms with van der Waals surface area (Å²) in [5.74, 6) is 2.88. The maximum absolute atomic E-state index is 11.9. The summed E-state index contributed by atoms with van der Waals surface area (Å²) in [5.41, 5.74) is 0.440. The molecule has 0 aliphatic heterocycles. The van der Waals surface area contributed by atoms with E-state index in [-0.39, 0.29) is 6.03 Å². The predicted octanol–water partition coefficient (Wildman–Crippen LogP) is 2.45. The molecule has 4 fully saturated rings. The molecule has 0 aromatic carbocycles. The second-order valence-electron chi connectivity index (χ2n) is 8.18. The molecule has 4 rings (SSSR count). The van der Waals surface area contributed by atoms with Crippen molar-refractivity contribution >= 4 is 6.03 Å². The number of rotatable bonds is 6. The van der Waals surface area contributed by atoms with Crippen LogP contribution in [-0.2, 0) is 0 Å². The van der Waals surface area contributed by atoms with E-state index in [1.807, 2.05) is 0 Å². The first-order valence-corrected chi connectivity index (χ1v) is 8.71. The molecule has 0 radical (unpaired) electrons. The third-order valence-corrected chi connectivity index (χ3v) is 5.86. The summed E-state index contributed by atoms with van der Waals surface area (Å²) in [6.07, 6.45) is 9.50. The number of nitrogens with zero attached hydrogens (tertiary/aromatic N) is 1. The molecule has 4 heteroatoms. The Morgan fingerprint density at radius 3 is 2.14 bits per heavy atom. The van der Waals surface area contributed by atoms with Gasteiger partial charge in [0.1, 0.15) is 0 Å². The molecule has 4 bridgehead atoms. The lowest BCUT2D eigenvalue weighted by Gasteiger charge is -2.56. The highest BCUT2D eigenvalue weighted by Gasteiger charge is 2.50. The zero-order valence-corrected chi connectivity index (χ0v) is 13.7. The van der Waals surface area contributed by atoms with E-state index in [0.717, 1.165) is 43.8 Å². The van der Waals surface area contributed by atoms with Gasteiger partial charge in [-0.2, -0.15) is 0 Å². The highest BCUT2D eigenvalue weighted by atomic mass is 16.2. The zero-order chi connectivity index (χ0) is 14.9. The molecule has 0 aromatic heterocycles. The van der Waals surface area contributed by atoms with Crippen LogP contribution in [0.15, 0.2) is 0 Å². The normalized spacial score (nSPS) is 37.0. The van der Waals surface area contributed by atoms with Crippen LogP contribution in [0.5, 0.6) is 0 Å². The summed E-state index contributed by atoms with van der Waals surface area (Å²) < 4.78 is 0. The largest absolute Gasteiger partial charge is 0.338 e. The minimum absolute atomic E-state index is 0.0319. The first-order chi connectivity index (χ1) is 10.0. The quantitative estimate of drug-likeness (QED) is 0.739. The van der Waals surface area contributed by atoms with Crippen molar-refractivity contribution in [2.75, 3.05) is 33.7 Å². The fourth-order valence-corrected chi connectivity index (χ4v) is 5.43. The third-order valence-electron chi connectivity index (χ3n) is 5.86. The fraction of sp³-hybridized carbons (Fsp3) is 0.941. The Kier molecular flexibility index (Phi) is 4.43. The third kappa shape index (κ3) is 3.71. The molecule has 0 heterocycles. The molecule has 0 saturated heterocycles. The number of carbonyl (C=O) groups excluding carboxylic acids is 1. The van der Waals surface area contributed by atoms with Gasteiger partial charge in [-0.05, 0) is 88.8 Å². The molecule has 4 nitrogen and oxygen atoms in total. The van der Waals surface area contributed by atoms with E-state index in [0.29, 0.717) is 5.41 Å². The van der Waals surface area contributed by atoms with E-state index in [4.69, 9.17) is 0 Å². The van der Waals surface area contributed by atoms with Crippen LogP contribution in [0, 0.1) is 23.2 Å². The van der Waals surface area contributed by atoms with E-state index in [1.54, 1.807) is 0 Å². The molecular weight excluding hydrogens is 262 g/mol. The number of amides is 2. The van der Waals surface area contributed by atoms with Crippen LogP contribution in [0.1, 0.15) is 44.9 Å². The van der Waals surface area contributed by atoms with Crippen LogP contribution in [-0.4, -0.2) is 44.7 Å². The molecule has 4 aliphatic carbocycles. The second kappa shape index (κ2) is 6.15. The van der Waals surface area contributed by atoms with Gasteiger partial charge in [-0.3, -0.25) is 0 Å². The maximum Gasteiger partial charge on any atom is 0.314 e. The Labute approximate surface area is 129 Å². The lowest BCUT2D eigenvalue weighted by Crippen LogP contribution is -2.52. The van der Waals surface area contributed by atoms with Crippen molar-refractivity contribution in [2.24, 2.45) is 23.2 Å². The van der Waals surface area contributed by atoms with Gasteiger partial charge < -0.3 is 15.5 Å². The van der Waals surface area contributed by atoms with Gasteiger partial charge in [-0.15, -0.1) is 0 Å². The van der Waals surface area contributed by atoms with Crippen LogP contribution in [0.2, 0.25) is 0 Å². The van der Waals surface area contributed by atoms with Gasteiger partial charge in [0.15, 0.2) is 0 Å². The number of hydrogen-bond acceptors (Lipinski definition) is 2. The van der Waals surface area contributed by atoms with Crippen molar-refractivity contribution in [1.82, 2.24) is 15.5 Å². The Morgan fingerprint density at radius 2 is 1.62 bits per heavy atom. The minimum Gasteiger partial charge on any atom is -0.338 e. The molecule has 21 heavy (non-hydrogen) atoms. The standard InChI is InChI=1S/C17H31N3O/c1-20(2)5-3-4-18-16(21)19-12-17-9-13-6-14(10-17)8-15(7-13)11-17/h13-15H,3-12H2,1-2H3,(H2,18,19,21). The van der Waals surface area contributed by atoms with Crippen molar-refractivity contribution in [1.29, 1.82) is 0 Å². The first-order valence-electron chi connectivity index (χ1n) is 8.71. The van der Waals surface area contributed by atoms with Crippen molar-refractivity contribution < 1.29 is 4.79 Å². The van der Waals surface area contributed by atoms with Crippen molar-refractivity contribution in [3.63, 3.8) is 0 Å². The van der Waals surface area contributed by atoms with E-state index in [1.165, 1.54) is 38.5 Å². The average Bonchev–Trinajstić information content (AvgIpc) is 2.40. The van der Waals surface area contributed by atoms with Gasteiger partial charge in [0.05, 0.1) is 0 Å². The van der Waals surface area contributed by atoms with E-state index in [2.05, 4.69) is 29.6 Å². The molecule has 4 aliphatic rings. The smallest absolute Gasteiger partial charge is 0.314 e. The molecular formula is C17H31N3O. The van der Waals surface area contributed by atoms with Crippen LogP contribution >= 0.6 is 0 Å². The average molecular weight is 293 g/mol. The van der Waals surface area contributed by atoms with Gasteiger partial charge in [0.2, 0.25) is 0 Å². The van der Waals surface area contributed by atoms with Crippen molar-refractivity contribution in [3.05, 3.63) is 0 Å². The molecule has 120 valence electrons. The molecule has 0 atom stereocenters. The second-order valence-corrected chi connectivity index (χ2v) is 8.18. The van der Waals surface area contributed by atoms with Gasteiger partial charge in [0.25, 0.3) is 0 Å². The van der Waals surface area contributed by atoms with Crippen molar-refractivity contribution in [3.8, 4) is 0 Å². The van der Waals surface area contributed by atoms with Crippen LogP contribution < -0.4 is 10.6 Å². The van der Waals surface area contributed by atoms with Crippen molar-refractivity contribution in [2.45, 2.75) is 44.9 Å². The van der Waals surface area contributed by atoms with Gasteiger partial charge in [0, 0.05) is 13.1 Å². The molecule has 4 saturated carbocycles. The molecule has 2 amide bonds. The highest BCUT2D eigenvalue weighted by Crippen LogP contribution is 2.59. The summed E-state index contributed by atoms with van der Waals surface area (Å²) in [5, 5.41) is 6.16. The topological polar surface area (TPSA) is 44.4 Å². The fourth-order valence-electron chi connectivity index (χ4n) is 5.43.